The standard InChI is InChI=1S/C11H16N2O/c1-9(2)13(12)8-10-4-6-11(14-3)7-5-10/h4-7H,1,8,12H2,2-3H3. The lowest BCUT2D eigenvalue weighted by atomic mass is 10.2. The highest BCUT2D eigenvalue weighted by atomic mass is 16.5. The van der Waals surface area contributed by atoms with E-state index < -0.39 is 0 Å². The van der Waals surface area contributed by atoms with Crippen LogP contribution in [0.2, 0.25) is 0 Å². The molecule has 3 nitrogen and oxygen atoms in total. The minimum atomic E-state index is 0.666. The highest BCUT2D eigenvalue weighted by molar-refractivity contribution is 5.27. The fraction of sp³-hybridized carbons (Fsp3) is 0.273. The SMILES string of the molecule is C=C(C)N(N)Cc1ccc(OC)cc1. The second kappa shape index (κ2) is 4.67. The maximum Gasteiger partial charge on any atom is 0.118 e. The molecule has 0 saturated carbocycles. The van der Waals surface area contributed by atoms with Gasteiger partial charge >= 0.3 is 0 Å². The van der Waals surface area contributed by atoms with Crippen LogP contribution in [-0.4, -0.2) is 12.1 Å². The van der Waals surface area contributed by atoms with Gasteiger partial charge in [-0.2, -0.15) is 0 Å². The summed E-state index contributed by atoms with van der Waals surface area (Å²) in [5.74, 6) is 6.58. The van der Waals surface area contributed by atoms with Crippen LogP contribution in [0.4, 0.5) is 0 Å². The van der Waals surface area contributed by atoms with Crippen LogP contribution in [0.25, 0.3) is 0 Å². The molecule has 0 unspecified atom stereocenters. The van der Waals surface area contributed by atoms with Crippen molar-refractivity contribution in [2.75, 3.05) is 7.11 Å². The molecule has 0 aromatic heterocycles. The van der Waals surface area contributed by atoms with Gasteiger partial charge in [-0.1, -0.05) is 18.7 Å². The van der Waals surface area contributed by atoms with Gasteiger partial charge in [-0.25, -0.2) is 5.84 Å². The molecule has 0 heterocycles. The van der Waals surface area contributed by atoms with Gasteiger partial charge in [-0.3, -0.25) is 0 Å². The van der Waals surface area contributed by atoms with Crippen molar-refractivity contribution in [1.29, 1.82) is 0 Å². The van der Waals surface area contributed by atoms with Crippen molar-refractivity contribution < 1.29 is 4.74 Å². The van der Waals surface area contributed by atoms with Crippen molar-refractivity contribution in [2.24, 2.45) is 5.84 Å². The van der Waals surface area contributed by atoms with Crippen molar-refractivity contribution in [3.8, 4) is 5.75 Å². The molecule has 1 aromatic rings. The average molecular weight is 192 g/mol. The van der Waals surface area contributed by atoms with Gasteiger partial charge in [0.05, 0.1) is 13.7 Å². The summed E-state index contributed by atoms with van der Waals surface area (Å²) in [6.07, 6.45) is 0. The summed E-state index contributed by atoms with van der Waals surface area (Å²) in [5.41, 5.74) is 1.98. The van der Waals surface area contributed by atoms with E-state index in [2.05, 4.69) is 6.58 Å². The summed E-state index contributed by atoms with van der Waals surface area (Å²) in [6, 6.07) is 7.81. The molecule has 3 heteroatoms. The van der Waals surface area contributed by atoms with Crippen molar-refractivity contribution in [3.63, 3.8) is 0 Å². The summed E-state index contributed by atoms with van der Waals surface area (Å²) in [4.78, 5) is 0. The first-order chi connectivity index (χ1) is 6.63. The highest BCUT2D eigenvalue weighted by Crippen LogP contribution is 2.12. The molecule has 0 saturated heterocycles. The molecule has 1 rings (SSSR count). The Morgan fingerprint density at radius 2 is 2.00 bits per heavy atom. The molecule has 1 aromatic carbocycles. The number of hydrogen-bond acceptors (Lipinski definition) is 3. The van der Waals surface area contributed by atoms with Gasteiger partial charge in [0, 0.05) is 5.70 Å². The Labute approximate surface area is 84.7 Å². The van der Waals surface area contributed by atoms with Crippen molar-refractivity contribution >= 4 is 0 Å². The molecule has 2 N–H and O–H groups in total. The number of benzene rings is 1. The largest absolute Gasteiger partial charge is 0.497 e. The van der Waals surface area contributed by atoms with Crippen LogP contribution in [0.1, 0.15) is 12.5 Å². The van der Waals surface area contributed by atoms with E-state index in [1.165, 1.54) is 0 Å². The van der Waals surface area contributed by atoms with Crippen molar-refractivity contribution in [3.05, 3.63) is 42.1 Å². The average Bonchev–Trinajstić information content (AvgIpc) is 2.19. The topological polar surface area (TPSA) is 38.5 Å². The van der Waals surface area contributed by atoms with E-state index in [-0.39, 0.29) is 0 Å². The third kappa shape index (κ3) is 2.78. The van der Waals surface area contributed by atoms with E-state index >= 15 is 0 Å². The summed E-state index contributed by atoms with van der Waals surface area (Å²) >= 11 is 0. The van der Waals surface area contributed by atoms with E-state index in [1.54, 1.807) is 12.1 Å². The number of hydrazine groups is 1. The van der Waals surface area contributed by atoms with Crippen LogP contribution in [0.5, 0.6) is 5.75 Å². The Morgan fingerprint density at radius 1 is 1.43 bits per heavy atom. The number of allylic oxidation sites excluding steroid dienone is 1. The second-order valence-corrected chi connectivity index (χ2v) is 3.21. The zero-order valence-electron chi connectivity index (χ0n) is 8.66. The number of methoxy groups -OCH3 is 1. The van der Waals surface area contributed by atoms with Gasteiger partial charge in [0.2, 0.25) is 0 Å². The predicted octanol–water partition coefficient (Wildman–Crippen LogP) is 1.90. The Morgan fingerprint density at radius 3 is 2.43 bits per heavy atom. The number of nitrogens with two attached hydrogens (primary N) is 1. The summed E-state index contributed by atoms with van der Waals surface area (Å²) in [5, 5.41) is 1.61. The fourth-order valence-corrected chi connectivity index (χ4v) is 1.06. The lowest BCUT2D eigenvalue weighted by Crippen LogP contribution is -2.27. The van der Waals surface area contributed by atoms with Crippen molar-refractivity contribution in [1.82, 2.24) is 5.01 Å². The van der Waals surface area contributed by atoms with Crippen LogP contribution in [-0.2, 0) is 6.54 Å². The third-order valence-electron chi connectivity index (χ3n) is 2.00. The van der Waals surface area contributed by atoms with E-state index in [0.717, 1.165) is 17.0 Å². The molecular formula is C11H16N2O. The Kier molecular flexibility index (Phi) is 3.54. The molecule has 0 spiro atoms. The highest BCUT2D eigenvalue weighted by Gasteiger charge is 1.99. The van der Waals surface area contributed by atoms with E-state index in [1.807, 2.05) is 31.2 Å². The maximum atomic E-state index is 5.72. The van der Waals surface area contributed by atoms with Crippen LogP contribution < -0.4 is 10.6 Å². The molecule has 76 valence electrons. The maximum absolute atomic E-state index is 5.72. The third-order valence-corrected chi connectivity index (χ3v) is 2.00. The first-order valence-corrected chi connectivity index (χ1v) is 4.44. The quantitative estimate of drug-likeness (QED) is 0.585. The molecule has 14 heavy (non-hydrogen) atoms. The van der Waals surface area contributed by atoms with Crippen molar-refractivity contribution in [2.45, 2.75) is 13.5 Å². The molecule has 0 bridgehead atoms. The predicted molar refractivity (Wildman–Crippen MR) is 57.5 cm³/mol. The van der Waals surface area contributed by atoms with Gasteiger partial charge in [0.1, 0.15) is 5.75 Å². The van der Waals surface area contributed by atoms with E-state index in [0.29, 0.717) is 6.54 Å². The zero-order valence-corrected chi connectivity index (χ0v) is 8.66. The Bertz CT molecular complexity index is 306. The second-order valence-electron chi connectivity index (χ2n) is 3.21. The van der Waals surface area contributed by atoms with Crippen LogP contribution in [0.3, 0.4) is 0 Å². The molecule has 0 aliphatic heterocycles. The minimum Gasteiger partial charge on any atom is -0.497 e. The summed E-state index contributed by atoms with van der Waals surface area (Å²) < 4.78 is 5.06. The monoisotopic (exact) mass is 192 g/mol. The van der Waals surface area contributed by atoms with Gasteiger partial charge < -0.3 is 9.75 Å². The van der Waals surface area contributed by atoms with Gasteiger partial charge in [0.15, 0.2) is 0 Å². The molecule has 0 aliphatic rings. The normalized spacial score (nSPS) is 9.64. The molecule has 0 atom stereocenters. The van der Waals surface area contributed by atoms with Crippen LogP contribution >= 0.6 is 0 Å². The molecular weight excluding hydrogens is 176 g/mol. The van der Waals surface area contributed by atoms with E-state index in [9.17, 15) is 0 Å². The van der Waals surface area contributed by atoms with Crippen LogP contribution in [0.15, 0.2) is 36.5 Å². The molecule has 0 amide bonds. The first-order valence-electron chi connectivity index (χ1n) is 4.44. The van der Waals surface area contributed by atoms with Gasteiger partial charge in [0.25, 0.3) is 0 Å². The fourth-order valence-electron chi connectivity index (χ4n) is 1.06. The smallest absolute Gasteiger partial charge is 0.118 e. The first kappa shape index (κ1) is 10.6. The molecule has 0 aliphatic carbocycles. The lowest BCUT2D eigenvalue weighted by Gasteiger charge is -2.18. The Hall–Kier alpha value is -1.48. The van der Waals surface area contributed by atoms with Gasteiger partial charge in [-0.05, 0) is 24.6 Å². The summed E-state index contributed by atoms with van der Waals surface area (Å²) in [6.45, 7) is 6.31. The number of rotatable bonds is 4. The van der Waals surface area contributed by atoms with E-state index in [4.69, 9.17) is 10.6 Å². The van der Waals surface area contributed by atoms with Gasteiger partial charge in [-0.15, -0.1) is 0 Å². The minimum absolute atomic E-state index is 0.666. The zero-order chi connectivity index (χ0) is 10.6. The van der Waals surface area contributed by atoms with Crippen LogP contribution in [0, 0.1) is 0 Å². The lowest BCUT2D eigenvalue weighted by molar-refractivity contribution is 0.353. The Balaban J connectivity index is 2.64. The molecule has 0 radical (unpaired) electrons. The number of nitrogens with zero attached hydrogens (tertiary/aromatic N) is 1. The summed E-state index contributed by atoms with van der Waals surface area (Å²) in [7, 11) is 1.65. The number of hydrogen-bond donors (Lipinski definition) is 1. The molecule has 0 fully saturated rings. The number of ether oxygens (including phenoxy) is 1.